The summed E-state index contributed by atoms with van der Waals surface area (Å²) in [6.45, 7) is 18.7. The summed E-state index contributed by atoms with van der Waals surface area (Å²) in [6, 6.07) is 38.9. The predicted octanol–water partition coefficient (Wildman–Crippen LogP) is 14.1. The Balaban J connectivity index is 0.000000245. The number of rotatable bonds is 4. The van der Waals surface area contributed by atoms with Crippen LogP contribution in [0.1, 0.15) is 106 Å². The third-order valence-corrected chi connectivity index (χ3v) is 10.0. The molecule has 1 fully saturated rings. The first-order chi connectivity index (χ1) is 22.6. The molecule has 1 saturated carbocycles. The van der Waals surface area contributed by atoms with Crippen LogP contribution in [-0.4, -0.2) is 6.88 Å². The summed E-state index contributed by atoms with van der Waals surface area (Å²) in [5, 5.41) is 5.51. The second-order valence-electron chi connectivity index (χ2n) is 14.8. The second-order valence-corrected chi connectivity index (χ2v) is 14.8. The molecule has 0 atom stereocenters. The van der Waals surface area contributed by atoms with Crippen LogP contribution in [0.5, 0.6) is 0 Å². The zero-order chi connectivity index (χ0) is 33.7. The fourth-order valence-corrected chi connectivity index (χ4v) is 7.20. The molecule has 0 nitrogen and oxygen atoms in total. The molecule has 0 aromatic heterocycles. The first-order valence-corrected chi connectivity index (χ1v) is 21.6. The zero-order valence-electron chi connectivity index (χ0n) is 31.5. The molecule has 0 amide bonds. The molecule has 6 aromatic carbocycles. The maximum absolute atomic E-state index is 3.06. The van der Waals surface area contributed by atoms with E-state index >= 15 is 0 Å². The first kappa shape index (κ1) is 40.6. The van der Waals surface area contributed by atoms with Gasteiger partial charge < -0.3 is 14.9 Å². The van der Waals surface area contributed by atoms with Crippen molar-refractivity contribution in [2.24, 2.45) is 0 Å². The standard InChI is InChI=1S/C24H27.C21H23.2CH3.Si.Zr/c1-17(2)22-15-21-9-6-10-23(24(21)16-22)20-13-11-19(12-14-20)18-7-4-3-5-8-18;1-14-12-19-15(2)6-11-18(20(19)13-14)16-7-9-17(10-8-16)21(3,4)5;;;;/h6,9-18H,3-5,7-8H2,1-2H3;6-13H,1-5H3;2*1H3;;/q4*-1;;. The van der Waals surface area contributed by atoms with Crippen LogP contribution in [0, 0.1) is 28.7 Å². The topological polar surface area (TPSA) is 0 Å². The van der Waals surface area contributed by atoms with Crippen molar-refractivity contribution in [3.8, 4) is 22.3 Å². The Labute approximate surface area is 315 Å². The van der Waals surface area contributed by atoms with Crippen LogP contribution >= 0.6 is 0 Å². The average Bonchev–Trinajstić information content (AvgIpc) is 3.71. The van der Waals surface area contributed by atoms with Crippen LogP contribution in [0.3, 0.4) is 0 Å². The molecule has 1 aliphatic carbocycles. The van der Waals surface area contributed by atoms with Crippen molar-refractivity contribution in [3.63, 3.8) is 0 Å². The fraction of sp³-hybridized carbons (Fsp3) is 0.319. The molecule has 0 aliphatic heterocycles. The molecular weight excluding hydrogens is 684 g/mol. The van der Waals surface area contributed by atoms with Crippen LogP contribution in [-0.2, 0) is 28.8 Å². The monoisotopic (exact) mass is 738 g/mol. The number of hydrogen-bond acceptors (Lipinski definition) is 0. The van der Waals surface area contributed by atoms with E-state index in [9.17, 15) is 0 Å². The van der Waals surface area contributed by atoms with Gasteiger partial charge in [0.2, 0.25) is 0 Å². The van der Waals surface area contributed by atoms with E-state index < -0.39 is 0 Å². The van der Waals surface area contributed by atoms with Crippen molar-refractivity contribution in [2.75, 3.05) is 0 Å². The van der Waals surface area contributed by atoms with E-state index in [4.69, 9.17) is 0 Å². The van der Waals surface area contributed by atoms with Gasteiger partial charge >= 0.3 is 30.2 Å². The molecule has 0 N–H and O–H groups in total. The summed E-state index contributed by atoms with van der Waals surface area (Å²) < 4.78 is 0. The van der Waals surface area contributed by atoms with Crippen molar-refractivity contribution in [3.05, 3.63) is 146 Å². The normalized spacial score (nSPS) is 13.1. The Morgan fingerprint density at radius 2 is 1.29 bits per heavy atom. The summed E-state index contributed by atoms with van der Waals surface area (Å²) in [5.74, 6) is 1.37. The summed E-state index contributed by atoms with van der Waals surface area (Å²) >= 11 is 1.36. The zero-order valence-corrected chi connectivity index (χ0v) is 35.0. The summed E-state index contributed by atoms with van der Waals surface area (Å²) in [7, 11) is 0. The molecule has 2 heteroatoms. The number of hydrogen-bond donors (Lipinski definition) is 0. The van der Waals surface area contributed by atoms with Gasteiger partial charge in [0.1, 0.15) is 0 Å². The third-order valence-electron chi connectivity index (χ3n) is 10.0. The van der Waals surface area contributed by atoms with Gasteiger partial charge in [-0.15, -0.1) is 68.6 Å². The molecule has 0 bridgehead atoms. The number of benzene rings is 4. The Morgan fingerprint density at radius 1 is 0.694 bits per heavy atom. The van der Waals surface area contributed by atoms with Crippen molar-refractivity contribution in [2.45, 2.75) is 97.8 Å². The first-order valence-electron chi connectivity index (χ1n) is 17.4. The van der Waals surface area contributed by atoms with Gasteiger partial charge in [0.05, 0.1) is 0 Å². The SMILES string of the molecule is CC(C)c1cc2c(-c3ccc(C4CCCCC4)cc3)cccc2[cH-]1.Cc1cc2c(-c3ccc(C(C)(C)C)cc3)ccc(C)c2[cH-]1.[CH3-].[CH3-].[Si]=[Zr]. The van der Waals surface area contributed by atoms with Gasteiger partial charge in [-0.25, -0.2) is 0 Å². The van der Waals surface area contributed by atoms with Crippen LogP contribution in [0.2, 0.25) is 0 Å². The van der Waals surface area contributed by atoms with Crippen molar-refractivity contribution >= 4 is 28.4 Å². The Hall–Kier alpha value is -2.80. The van der Waals surface area contributed by atoms with Gasteiger partial charge in [-0.1, -0.05) is 140 Å². The molecule has 0 saturated heterocycles. The van der Waals surface area contributed by atoms with Gasteiger partial charge in [-0.2, -0.15) is 12.1 Å². The van der Waals surface area contributed by atoms with E-state index in [2.05, 4.69) is 158 Å². The molecule has 49 heavy (non-hydrogen) atoms. The Morgan fingerprint density at radius 3 is 1.88 bits per heavy atom. The molecular formula is C47H56SiZr-4. The molecule has 0 unspecified atom stereocenters. The summed E-state index contributed by atoms with van der Waals surface area (Å²) in [4.78, 5) is 0. The molecule has 0 spiro atoms. The Bertz CT molecular complexity index is 1900. The van der Waals surface area contributed by atoms with Crippen molar-refractivity contribution in [1.29, 1.82) is 0 Å². The molecule has 6 aromatic rings. The van der Waals surface area contributed by atoms with Gasteiger partial charge in [0, 0.05) is 0 Å². The van der Waals surface area contributed by atoms with E-state index in [0.29, 0.717) is 5.92 Å². The summed E-state index contributed by atoms with van der Waals surface area (Å²) in [5.41, 5.74) is 12.6. The molecule has 256 valence electrons. The van der Waals surface area contributed by atoms with E-state index in [0.717, 1.165) is 5.92 Å². The van der Waals surface area contributed by atoms with E-state index in [1.54, 1.807) is 0 Å². The number of aryl methyl sites for hydroxylation is 2. The summed E-state index contributed by atoms with van der Waals surface area (Å²) in [6.07, 6.45) is 6.96. The van der Waals surface area contributed by atoms with E-state index in [-0.39, 0.29) is 20.3 Å². The molecule has 0 heterocycles. The number of fused-ring (bicyclic) bond motifs is 2. The second kappa shape index (κ2) is 17.9. The van der Waals surface area contributed by atoms with Gasteiger partial charge in [-0.05, 0) is 52.3 Å². The average molecular weight is 740 g/mol. The maximum atomic E-state index is 3.06. The van der Waals surface area contributed by atoms with E-state index in [1.807, 2.05) is 0 Å². The van der Waals surface area contributed by atoms with Crippen LogP contribution < -0.4 is 0 Å². The van der Waals surface area contributed by atoms with Crippen molar-refractivity contribution < 1.29 is 23.3 Å². The van der Waals surface area contributed by atoms with E-state index in [1.165, 1.54) is 127 Å². The minimum atomic E-state index is 0. The predicted molar refractivity (Wildman–Crippen MR) is 217 cm³/mol. The van der Waals surface area contributed by atoms with Crippen LogP contribution in [0.25, 0.3) is 43.8 Å². The third kappa shape index (κ3) is 9.51. The fourth-order valence-electron chi connectivity index (χ4n) is 7.20. The van der Waals surface area contributed by atoms with Crippen LogP contribution in [0.15, 0.2) is 103 Å². The Kier molecular flexibility index (Phi) is 14.9. The molecule has 1 aliphatic rings. The molecule has 7 rings (SSSR count). The minimum absolute atomic E-state index is 0. The van der Waals surface area contributed by atoms with Gasteiger partial charge in [-0.3, -0.25) is 0 Å². The van der Waals surface area contributed by atoms with Crippen molar-refractivity contribution in [1.82, 2.24) is 0 Å². The quantitative estimate of drug-likeness (QED) is 0.125. The molecule has 2 radical (unpaired) electrons. The van der Waals surface area contributed by atoms with Gasteiger partial charge in [0.15, 0.2) is 0 Å². The van der Waals surface area contributed by atoms with Crippen LogP contribution in [0.4, 0.5) is 0 Å². The van der Waals surface area contributed by atoms with Gasteiger partial charge in [0.25, 0.3) is 0 Å².